The van der Waals surface area contributed by atoms with Crippen LogP contribution in [-0.2, 0) is 4.74 Å². The van der Waals surface area contributed by atoms with Crippen LogP contribution in [0.15, 0.2) is 36.4 Å². The first-order valence-electron chi connectivity index (χ1n) is 9.09. The maximum Gasteiger partial charge on any atom is 0.141 e. The fourth-order valence-electron chi connectivity index (χ4n) is 4.03. The van der Waals surface area contributed by atoms with Gasteiger partial charge < -0.3 is 9.64 Å². The number of ether oxygens (including phenoxy) is 1. The Hall–Kier alpha value is -2.02. The van der Waals surface area contributed by atoms with Crippen LogP contribution in [0, 0.1) is 6.92 Å². The van der Waals surface area contributed by atoms with E-state index in [4.69, 9.17) is 14.7 Å². The molecule has 4 heterocycles. The minimum atomic E-state index is 0.270. The summed E-state index contributed by atoms with van der Waals surface area (Å²) in [6.45, 7) is 5.67. The van der Waals surface area contributed by atoms with E-state index < -0.39 is 0 Å². The first kappa shape index (κ1) is 16.2. The van der Waals surface area contributed by atoms with E-state index in [1.54, 1.807) is 11.3 Å². The normalized spacial score (nSPS) is 23.5. The van der Waals surface area contributed by atoms with E-state index in [2.05, 4.69) is 53.2 Å². The standard InChI is InChI=1S/C20H22N4OS/c1-13-21-19(24-11-16-17(12-24)25-9-8-23(16)2)15-10-18(26-20(15)22-13)14-6-4-3-5-7-14/h3-7,10,16-17H,8-9,11-12H2,1-2H3. The number of hydrogen-bond acceptors (Lipinski definition) is 6. The van der Waals surface area contributed by atoms with E-state index in [-0.39, 0.29) is 6.10 Å². The van der Waals surface area contributed by atoms with Crippen molar-refractivity contribution in [1.82, 2.24) is 14.9 Å². The van der Waals surface area contributed by atoms with E-state index in [1.807, 2.05) is 6.92 Å². The maximum atomic E-state index is 6.02. The van der Waals surface area contributed by atoms with Gasteiger partial charge in [0.25, 0.3) is 0 Å². The minimum absolute atomic E-state index is 0.270. The molecular formula is C20H22N4OS. The second-order valence-electron chi connectivity index (χ2n) is 7.15. The Bertz CT molecular complexity index is 942. The number of nitrogens with zero attached hydrogens (tertiary/aromatic N) is 4. The molecule has 0 aliphatic carbocycles. The summed E-state index contributed by atoms with van der Waals surface area (Å²) in [6, 6.07) is 13.2. The van der Waals surface area contributed by atoms with Gasteiger partial charge in [-0.15, -0.1) is 11.3 Å². The zero-order chi connectivity index (χ0) is 17.7. The number of fused-ring (bicyclic) bond motifs is 2. The van der Waals surface area contributed by atoms with Gasteiger partial charge in [-0.05, 0) is 25.6 Å². The molecule has 5 rings (SSSR count). The lowest BCUT2D eigenvalue weighted by molar-refractivity contribution is -0.0362. The van der Waals surface area contributed by atoms with Gasteiger partial charge in [-0.3, -0.25) is 4.90 Å². The number of anilines is 1. The quantitative estimate of drug-likeness (QED) is 0.697. The molecule has 0 saturated carbocycles. The summed E-state index contributed by atoms with van der Waals surface area (Å²) in [5, 5.41) is 1.15. The summed E-state index contributed by atoms with van der Waals surface area (Å²) in [5.41, 5.74) is 1.23. The first-order chi connectivity index (χ1) is 12.7. The molecular weight excluding hydrogens is 344 g/mol. The highest BCUT2D eigenvalue weighted by Gasteiger charge is 2.39. The molecule has 2 fully saturated rings. The monoisotopic (exact) mass is 366 g/mol. The van der Waals surface area contributed by atoms with Gasteiger partial charge in [0.1, 0.15) is 16.5 Å². The molecule has 1 aromatic carbocycles. The van der Waals surface area contributed by atoms with Crippen LogP contribution in [0.2, 0.25) is 0 Å². The van der Waals surface area contributed by atoms with Crippen LogP contribution in [0.3, 0.4) is 0 Å². The third-order valence-corrected chi connectivity index (χ3v) is 6.50. The SMILES string of the molecule is Cc1nc(N2CC3OCCN(C)C3C2)c2cc(-c3ccccc3)sc2n1. The number of aryl methyl sites for hydroxylation is 1. The number of thiophene rings is 1. The first-order valence-corrected chi connectivity index (χ1v) is 9.91. The number of rotatable bonds is 2. The molecule has 2 atom stereocenters. The fraction of sp³-hybridized carbons (Fsp3) is 0.400. The molecule has 134 valence electrons. The number of aromatic nitrogens is 2. The molecule has 2 saturated heterocycles. The van der Waals surface area contributed by atoms with Gasteiger partial charge >= 0.3 is 0 Å². The molecule has 6 heteroatoms. The van der Waals surface area contributed by atoms with Crippen molar-refractivity contribution in [3.8, 4) is 10.4 Å². The molecule has 2 aliphatic rings. The molecule has 2 aromatic heterocycles. The molecule has 3 aromatic rings. The summed E-state index contributed by atoms with van der Waals surface area (Å²) in [6.07, 6.45) is 0.270. The summed E-state index contributed by atoms with van der Waals surface area (Å²) in [7, 11) is 2.20. The number of hydrogen-bond donors (Lipinski definition) is 0. The van der Waals surface area contributed by atoms with Crippen molar-refractivity contribution in [2.75, 3.05) is 38.2 Å². The summed E-state index contributed by atoms with van der Waals surface area (Å²) in [4.78, 5) is 16.6. The zero-order valence-electron chi connectivity index (χ0n) is 15.1. The second kappa shape index (κ2) is 6.30. The lowest BCUT2D eigenvalue weighted by Gasteiger charge is -2.33. The van der Waals surface area contributed by atoms with Gasteiger partial charge in [0.15, 0.2) is 0 Å². The Balaban J connectivity index is 1.56. The Morgan fingerprint density at radius 1 is 1.15 bits per heavy atom. The molecule has 0 spiro atoms. The maximum absolute atomic E-state index is 6.02. The third kappa shape index (κ3) is 2.69. The predicted molar refractivity (Wildman–Crippen MR) is 106 cm³/mol. The molecule has 0 radical (unpaired) electrons. The number of benzene rings is 1. The van der Waals surface area contributed by atoms with E-state index in [9.17, 15) is 0 Å². The summed E-state index contributed by atoms with van der Waals surface area (Å²) < 4.78 is 6.02. The van der Waals surface area contributed by atoms with E-state index in [0.29, 0.717) is 6.04 Å². The lowest BCUT2D eigenvalue weighted by Crippen LogP contribution is -2.48. The van der Waals surface area contributed by atoms with E-state index >= 15 is 0 Å². The highest BCUT2D eigenvalue weighted by molar-refractivity contribution is 7.21. The van der Waals surface area contributed by atoms with E-state index in [1.165, 1.54) is 10.4 Å². The van der Waals surface area contributed by atoms with Crippen LogP contribution in [0.5, 0.6) is 0 Å². The molecule has 0 amide bonds. The van der Waals surface area contributed by atoms with Gasteiger partial charge in [0.05, 0.1) is 24.1 Å². The number of morpholine rings is 1. The molecule has 2 aliphatic heterocycles. The molecule has 5 nitrogen and oxygen atoms in total. The van der Waals surface area contributed by atoms with E-state index in [0.717, 1.165) is 48.1 Å². The van der Waals surface area contributed by atoms with Crippen LogP contribution < -0.4 is 4.90 Å². The van der Waals surface area contributed by atoms with Crippen molar-refractivity contribution in [1.29, 1.82) is 0 Å². The van der Waals surface area contributed by atoms with Crippen LogP contribution in [0.25, 0.3) is 20.7 Å². The highest BCUT2D eigenvalue weighted by atomic mass is 32.1. The van der Waals surface area contributed by atoms with Gasteiger partial charge in [0.2, 0.25) is 0 Å². The average molecular weight is 366 g/mol. The Morgan fingerprint density at radius 2 is 2.00 bits per heavy atom. The highest BCUT2D eigenvalue weighted by Crippen LogP contribution is 2.38. The van der Waals surface area contributed by atoms with Crippen molar-refractivity contribution < 1.29 is 4.74 Å². The second-order valence-corrected chi connectivity index (χ2v) is 8.18. The summed E-state index contributed by atoms with van der Waals surface area (Å²) >= 11 is 1.74. The van der Waals surface area contributed by atoms with Crippen LogP contribution in [0.1, 0.15) is 5.82 Å². The Kier molecular flexibility index (Phi) is 3.92. The van der Waals surface area contributed by atoms with Crippen LogP contribution >= 0.6 is 11.3 Å². The smallest absolute Gasteiger partial charge is 0.141 e. The fourth-order valence-corrected chi connectivity index (χ4v) is 5.10. The topological polar surface area (TPSA) is 41.5 Å². The lowest BCUT2D eigenvalue weighted by atomic mass is 10.1. The average Bonchev–Trinajstić information content (AvgIpc) is 3.26. The largest absolute Gasteiger partial charge is 0.373 e. The van der Waals surface area contributed by atoms with Gasteiger partial charge in [0, 0.05) is 24.5 Å². The van der Waals surface area contributed by atoms with Crippen LogP contribution in [-0.4, -0.2) is 60.3 Å². The van der Waals surface area contributed by atoms with Crippen molar-refractivity contribution >= 4 is 27.4 Å². The zero-order valence-corrected chi connectivity index (χ0v) is 15.9. The van der Waals surface area contributed by atoms with Gasteiger partial charge in [-0.1, -0.05) is 30.3 Å². The van der Waals surface area contributed by atoms with Crippen LogP contribution in [0.4, 0.5) is 5.82 Å². The molecule has 2 unspecified atom stereocenters. The van der Waals surface area contributed by atoms with Gasteiger partial charge in [-0.25, -0.2) is 9.97 Å². The van der Waals surface area contributed by atoms with Crippen molar-refractivity contribution in [2.45, 2.75) is 19.1 Å². The Morgan fingerprint density at radius 3 is 2.81 bits per heavy atom. The van der Waals surface area contributed by atoms with Crippen molar-refractivity contribution in [2.24, 2.45) is 0 Å². The predicted octanol–water partition coefficient (Wildman–Crippen LogP) is 3.19. The molecule has 0 bridgehead atoms. The van der Waals surface area contributed by atoms with Crippen molar-refractivity contribution in [3.63, 3.8) is 0 Å². The Labute approximate surface area is 157 Å². The molecule has 26 heavy (non-hydrogen) atoms. The van der Waals surface area contributed by atoms with Crippen molar-refractivity contribution in [3.05, 3.63) is 42.2 Å². The number of likely N-dealkylation sites (N-methyl/N-ethyl adjacent to an activating group) is 1. The minimum Gasteiger partial charge on any atom is -0.373 e. The third-order valence-electron chi connectivity index (χ3n) is 5.42. The van der Waals surface area contributed by atoms with Gasteiger partial charge in [-0.2, -0.15) is 0 Å². The summed E-state index contributed by atoms with van der Waals surface area (Å²) in [5.74, 6) is 1.88. The molecule has 0 N–H and O–H groups in total.